The molecule has 0 aromatic heterocycles. The van der Waals surface area contributed by atoms with Gasteiger partial charge < -0.3 is 10.6 Å². The van der Waals surface area contributed by atoms with Crippen LogP contribution in [0.1, 0.15) is 6.92 Å². The Kier molecular flexibility index (Phi) is 3.20. The summed E-state index contributed by atoms with van der Waals surface area (Å²) in [6.45, 7) is 6.62. The summed E-state index contributed by atoms with van der Waals surface area (Å²) < 4.78 is 0. The molecule has 0 spiro atoms. The van der Waals surface area contributed by atoms with Crippen molar-refractivity contribution in [3.05, 3.63) is 37.0 Å². The lowest BCUT2D eigenvalue weighted by Crippen LogP contribution is -1.99. The molecule has 64 valence electrons. The third-order valence-corrected chi connectivity index (χ3v) is 1.55. The topological polar surface area (TPSA) is 24.1 Å². The molecule has 0 heterocycles. The molecule has 0 amide bonds. The van der Waals surface area contributed by atoms with E-state index in [0.29, 0.717) is 0 Å². The molecule has 2 heteroatoms. The van der Waals surface area contributed by atoms with Gasteiger partial charge in [0.15, 0.2) is 0 Å². The van der Waals surface area contributed by atoms with Crippen molar-refractivity contribution in [1.29, 1.82) is 0 Å². The maximum atomic E-state index is 3.62. The highest BCUT2D eigenvalue weighted by atomic mass is 14.9. The van der Waals surface area contributed by atoms with Gasteiger partial charge in [-0.05, 0) is 25.3 Å². The first-order valence-electron chi connectivity index (χ1n) is 4.08. The molecular weight excluding hydrogens is 148 g/mol. The summed E-state index contributed by atoms with van der Waals surface area (Å²) in [6.07, 6.45) is 1.68. The van der Waals surface area contributed by atoms with Crippen LogP contribution in [0.15, 0.2) is 37.0 Å². The zero-order valence-electron chi connectivity index (χ0n) is 7.30. The fourth-order valence-electron chi connectivity index (χ4n) is 1.06. The second kappa shape index (κ2) is 4.44. The maximum Gasteiger partial charge on any atom is 0.0615 e. The first-order valence-corrected chi connectivity index (χ1v) is 4.08. The SMILES string of the molecule is C=CNc1ccccc1NCC. The Bertz CT molecular complexity index is 256. The monoisotopic (exact) mass is 162 g/mol. The molecule has 2 nitrogen and oxygen atoms in total. The molecule has 1 aromatic rings. The van der Waals surface area contributed by atoms with Crippen molar-refractivity contribution in [2.45, 2.75) is 6.92 Å². The van der Waals surface area contributed by atoms with Gasteiger partial charge in [0, 0.05) is 6.54 Å². The van der Waals surface area contributed by atoms with E-state index in [9.17, 15) is 0 Å². The first kappa shape index (κ1) is 8.65. The number of hydrogen-bond acceptors (Lipinski definition) is 2. The molecular formula is C10H14N2. The third kappa shape index (κ3) is 2.02. The number of para-hydroxylation sites is 2. The molecule has 0 bridgehead atoms. The van der Waals surface area contributed by atoms with E-state index in [1.165, 1.54) is 0 Å². The lowest BCUT2D eigenvalue weighted by atomic mass is 10.2. The molecule has 0 unspecified atom stereocenters. The average molecular weight is 162 g/mol. The lowest BCUT2D eigenvalue weighted by Gasteiger charge is -2.09. The summed E-state index contributed by atoms with van der Waals surface area (Å²) in [5, 5.41) is 6.31. The fraction of sp³-hybridized carbons (Fsp3) is 0.200. The molecule has 0 saturated carbocycles. The summed E-state index contributed by atoms with van der Waals surface area (Å²) >= 11 is 0. The van der Waals surface area contributed by atoms with Gasteiger partial charge in [0.1, 0.15) is 0 Å². The van der Waals surface area contributed by atoms with Crippen LogP contribution in [0.25, 0.3) is 0 Å². The van der Waals surface area contributed by atoms with E-state index in [1.54, 1.807) is 6.20 Å². The van der Waals surface area contributed by atoms with Crippen LogP contribution in [0.4, 0.5) is 11.4 Å². The van der Waals surface area contributed by atoms with Gasteiger partial charge in [-0.1, -0.05) is 18.7 Å². The van der Waals surface area contributed by atoms with Crippen LogP contribution >= 0.6 is 0 Å². The van der Waals surface area contributed by atoms with Gasteiger partial charge in [0.2, 0.25) is 0 Å². The molecule has 0 fully saturated rings. The van der Waals surface area contributed by atoms with Crippen molar-refractivity contribution in [2.24, 2.45) is 0 Å². The van der Waals surface area contributed by atoms with Crippen LogP contribution < -0.4 is 10.6 Å². The van der Waals surface area contributed by atoms with E-state index in [1.807, 2.05) is 24.3 Å². The highest BCUT2D eigenvalue weighted by molar-refractivity contribution is 5.69. The third-order valence-electron chi connectivity index (χ3n) is 1.55. The molecule has 0 aliphatic rings. The predicted molar refractivity (Wildman–Crippen MR) is 54.4 cm³/mol. The quantitative estimate of drug-likeness (QED) is 0.711. The van der Waals surface area contributed by atoms with Crippen LogP contribution in [-0.2, 0) is 0 Å². The van der Waals surface area contributed by atoms with Gasteiger partial charge in [-0.15, -0.1) is 0 Å². The van der Waals surface area contributed by atoms with E-state index < -0.39 is 0 Å². The highest BCUT2D eigenvalue weighted by Crippen LogP contribution is 2.20. The molecule has 2 N–H and O–H groups in total. The Hall–Kier alpha value is -1.44. The lowest BCUT2D eigenvalue weighted by molar-refractivity contribution is 1.21. The smallest absolute Gasteiger partial charge is 0.0615 e. The molecule has 0 aliphatic carbocycles. The minimum Gasteiger partial charge on any atom is -0.384 e. The van der Waals surface area contributed by atoms with E-state index in [2.05, 4.69) is 24.1 Å². The molecule has 1 rings (SSSR count). The van der Waals surface area contributed by atoms with E-state index >= 15 is 0 Å². The summed E-state index contributed by atoms with van der Waals surface area (Å²) in [4.78, 5) is 0. The van der Waals surface area contributed by atoms with E-state index in [4.69, 9.17) is 0 Å². The maximum absolute atomic E-state index is 3.62. The van der Waals surface area contributed by atoms with Gasteiger partial charge in [-0.3, -0.25) is 0 Å². The van der Waals surface area contributed by atoms with Crippen LogP contribution in [0, 0.1) is 0 Å². The zero-order valence-corrected chi connectivity index (χ0v) is 7.30. The van der Waals surface area contributed by atoms with Gasteiger partial charge in [0.05, 0.1) is 11.4 Å². The van der Waals surface area contributed by atoms with Gasteiger partial charge in [-0.2, -0.15) is 0 Å². The Morgan fingerprint density at radius 3 is 2.58 bits per heavy atom. The van der Waals surface area contributed by atoms with Crippen molar-refractivity contribution in [1.82, 2.24) is 0 Å². The van der Waals surface area contributed by atoms with Gasteiger partial charge in [-0.25, -0.2) is 0 Å². The fourth-order valence-corrected chi connectivity index (χ4v) is 1.06. The number of benzene rings is 1. The highest BCUT2D eigenvalue weighted by Gasteiger charge is 1.95. The summed E-state index contributed by atoms with van der Waals surface area (Å²) in [5.41, 5.74) is 2.18. The van der Waals surface area contributed by atoms with Crippen molar-refractivity contribution in [3.63, 3.8) is 0 Å². The van der Waals surface area contributed by atoms with Crippen LogP contribution in [0.2, 0.25) is 0 Å². The van der Waals surface area contributed by atoms with Crippen LogP contribution in [-0.4, -0.2) is 6.54 Å². The molecule has 0 saturated heterocycles. The average Bonchev–Trinajstić information content (AvgIpc) is 2.09. The molecule has 12 heavy (non-hydrogen) atoms. The predicted octanol–water partition coefficient (Wildman–Crippen LogP) is 2.67. The van der Waals surface area contributed by atoms with E-state index in [-0.39, 0.29) is 0 Å². The first-order chi connectivity index (χ1) is 5.88. The zero-order chi connectivity index (χ0) is 8.81. The Morgan fingerprint density at radius 1 is 1.33 bits per heavy atom. The standard InChI is InChI=1S/C10H14N2/c1-3-11-9-7-5-6-8-10(9)12-4-2/h3,5-8,11-12H,1,4H2,2H3. The largest absolute Gasteiger partial charge is 0.384 e. The van der Waals surface area contributed by atoms with Gasteiger partial charge in [0.25, 0.3) is 0 Å². The molecule has 0 radical (unpaired) electrons. The van der Waals surface area contributed by atoms with Crippen molar-refractivity contribution < 1.29 is 0 Å². The van der Waals surface area contributed by atoms with Crippen molar-refractivity contribution >= 4 is 11.4 Å². The Balaban J connectivity index is 2.83. The number of anilines is 2. The van der Waals surface area contributed by atoms with E-state index in [0.717, 1.165) is 17.9 Å². The normalized spacial score (nSPS) is 9.08. The minimum atomic E-state index is 0.926. The van der Waals surface area contributed by atoms with Gasteiger partial charge >= 0.3 is 0 Å². The van der Waals surface area contributed by atoms with Crippen molar-refractivity contribution in [2.75, 3.05) is 17.2 Å². The van der Waals surface area contributed by atoms with Crippen LogP contribution in [0.3, 0.4) is 0 Å². The molecule has 0 atom stereocenters. The van der Waals surface area contributed by atoms with Crippen LogP contribution in [0.5, 0.6) is 0 Å². The Labute approximate surface area is 73.3 Å². The van der Waals surface area contributed by atoms with Crippen molar-refractivity contribution in [3.8, 4) is 0 Å². The number of hydrogen-bond donors (Lipinski definition) is 2. The summed E-state index contributed by atoms with van der Waals surface area (Å²) in [7, 11) is 0. The minimum absolute atomic E-state index is 0.926. The Morgan fingerprint density at radius 2 is 2.00 bits per heavy atom. The number of nitrogens with one attached hydrogen (secondary N) is 2. The second-order valence-corrected chi connectivity index (χ2v) is 2.42. The molecule has 1 aromatic carbocycles. The summed E-state index contributed by atoms with van der Waals surface area (Å²) in [5.74, 6) is 0. The summed E-state index contributed by atoms with van der Waals surface area (Å²) in [6, 6.07) is 8.05. The number of rotatable bonds is 4. The second-order valence-electron chi connectivity index (χ2n) is 2.42. The molecule has 0 aliphatic heterocycles.